The topological polar surface area (TPSA) is 82.4 Å². The number of nitrogens with one attached hydrogen (secondary N) is 3. The number of aromatic nitrogens is 5. The second kappa shape index (κ2) is 24.1. The number of rotatable bonds is 18. The van der Waals surface area contributed by atoms with Gasteiger partial charge in [0.05, 0.1) is 39.8 Å². The molecule has 0 atom stereocenters. The molecule has 9 rings (SSSR count). The summed E-state index contributed by atoms with van der Waals surface area (Å²) in [4.78, 5) is 20.4. The van der Waals surface area contributed by atoms with Crippen LogP contribution in [0, 0.1) is 23.7 Å². The Hall–Kier alpha value is -7.32. The van der Waals surface area contributed by atoms with Crippen LogP contribution in [0.2, 0.25) is 0 Å². The minimum atomic E-state index is 0.693. The van der Waals surface area contributed by atoms with Gasteiger partial charge < -0.3 is 19.7 Å². The Bertz CT molecular complexity index is 3300. The van der Waals surface area contributed by atoms with E-state index in [1.165, 1.54) is 83.5 Å². The van der Waals surface area contributed by atoms with Crippen LogP contribution in [0.3, 0.4) is 0 Å². The predicted molar refractivity (Wildman–Crippen MR) is 284 cm³/mol. The fraction of sp³-hybridized carbons (Fsp3) is 0.258. The molecule has 0 fully saturated rings. The lowest BCUT2D eigenvalue weighted by atomic mass is 10.0. The maximum absolute atomic E-state index is 6.32. The highest BCUT2D eigenvalue weighted by Crippen LogP contribution is 2.27. The summed E-state index contributed by atoms with van der Waals surface area (Å²) in [5.74, 6) is 14.5. The molecule has 0 amide bonds. The van der Waals surface area contributed by atoms with Gasteiger partial charge in [-0.1, -0.05) is 157 Å². The second-order valence-electron chi connectivity index (χ2n) is 17.8. The molecule has 0 spiro atoms. The molecule has 8 bridgehead atoms. The van der Waals surface area contributed by atoms with E-state index >= 15 is 0 Å². The lowest BCUT2D eigenvalue weighted by molar-refractivity contribution is 0.304. The van der Waals surface area contributed by atoms with E-state index in [-0.39, 0.29) is 0 Å². The number of nitrogens with zero attached hydrogens (tertiary/aromatic N) is 2. The SMILES string of the molecule is CCCCCCCCCCCCCCCCOc1ccc(C2=c3ccc(s3)=C(c3ccccc3)c3ccc([nH]3)C(C#Cc3ccccn3)=c3ccc([nH]3)=C(C#Cc3ccccn3)c3ccc2[nH]3)cc1. The molecule has 8 aromatic rings. The van der Waals surface area contributed by atoms with Crippen LogP contribution in [0.5, 0.6) is 5.75 Å². The Kier molecular flexibility index (Phi) is 16.3. The molecule has 0 aliphatic carbocycles. The molecule has 7 heteroatoms. The summed E-state index contributed by atoms with van der Waals surface area (Å²) in [6, 6.07) is 48.1. The van der Waals surface area contributed by atoms with Gasteiger partial charge in [-0.2, -0.15) is 0 Å². The van der Waals surface area contributed by atoms with Gasteiger partial charge in [0, 0.05) is 44.0 Å². The number of fused-ring (bicyclic) bond motifs is 8. The second-order valence-corrected chi connectivity index (χ2v) is 18.9. The minimum absolute atomic E-state index is 0.693. The lowest BCUT2D eigenvalue weighted by Crippen LogP contribution is -2.16. The van der Waals surface area contributed by atoms with Crippen molar-refractivity contribution in [1.29, 1.82) is 0 Å². The normalized spacial score (nSPS) is 12.1. The Morgan fingerprint density at radius 1 is 0.420 bits per heavy atom. The third kappa shape index (κ3) is 12.4. The maximum Gasteiger partial charge on any atom is 0.119 e. The van der Waals surface area contributed by atoms with E-state index in [4.69, 9.17) is 4.74 Å². The van der Waals surface area contributed by atoms with Gasteiger partial charge in [0.15, 0.2) is 0 Å². The maximum atomic E-state index is 6.32. The first-order valence-corrected chi connectivity index (χ1v) is 25.8. The zero-order valence-electron chi connectivity index (χ0n) is 39.8. The zero-order chi connectivity index (χ0) is 46.9. The van der Waals surface area contributed by atoms with Crippen LogP contribution in [-0.2, 0) is 0 Å². The number of pyridine rings is 2. The van der Waals surface area contributed by atoms with Gasteiger partial charge in [-0.25, -0.2) is 9.97 Å². The lowest BCUT2D eigenvalue weighted by Gasteiger charge is -2.10. The van der Waals surface area contributed by atoms with Crippen molar-refractivity contribution in [3.63, 3.8) is 0 Å². The molecule has 0 unspecified atom stereocenters. The number of hydrogen-bond acceptors (Lipinski definition) is 4. The molecular formula is C62H61N5OS. The van der Waals surface area contributed by atoms with Crippen LogP contribution in [0.1, 0.15) is 142 Å². The molecule has 1 aliphatic rings. The minimum Gasteiger partial charge on any atom is -0.494 e. The highest BCUT2D eigenvalue weighted by molar-refractivity contribution is 7.08. The van der Waals surface area contributed by atoms with Gasteiger partial charge in [-0.15, -0.1) is 11.3 Å². The third-order valence-electron chi connectivity index (χ3n) is 12.7. The van der Waals surface area contributed by atoms with Crippen molar-refractivity contribution in [1.82, 2.24) is 24.9 Å². The number of thiophene rings is 1. The van der Waals surface area contributed by atoms with Crippen LogP contribution < -0.4 is 24.5 Å². The molecule has 1 aliphatic heterocycles. The van der Waals surface area contributed by atoms with Gasteiger partial charge >= 0.3 is 0 Å². The Morgan fingerprint density at radius 2 is 0.884 bits per heavy atom. The fourth-order valence-corrected chi connectivity index (χ4v) is 10.2. The molecule has 69 heavy (non-hydrogen) atoms. The summed E-state index contributed by atoms with van der Waals surface area (Å²) in [5, 5.41) is 1.71. The molecule has 346 valence electrons. The van der Waals surface area contributed by atoms with Crippen molar-refractivity contribution in [2.45, 2.75) is 96.8 Å². The number of H-pyrrole nitrogens is 3. The molecule has 7 heterocycles. The van der Waals surface area contributed by atoms with Crippen LogP contribution >= 0.6 is 11.3 Å². The molecule has 6 nitrogen and oxygen atoms in total. The first-order valence-electron chi connectivity index (χ1n) is 25.0. The van der Waals surface area contributed by atoms with E-state index in [2.05, 4.69) is 159 Å². The summed E-state index contributed by atoms with van der Waals surface area (Å²) in [7, 11) is 0. The summed E-state index contributed by atoms with van der Waals surface area (Å²) >= 11 is 1.78. The van der Waals surface area contributed by atoms with Crippen LogP contribution in [-0.4, -0.2) is 31.5 Å². The van der Waals surface area contributed by atoms with E-state index < -0.39 is 0 Å². The van der Waals surface area contributed by atoms with Crippen LogP contribution in [0.15, 0.2) is 152 Å². The van der Waals surface area contributed by atoms with Crippen molar-refractivity contribution in [3.05, 3.63) is 217 Å². The quantitative estimate of drug-likeness (QED) is 0.0592. The largest absolute Gasteiger partial charge is 0.494 e. The van der Waals surface area contributed by atoms with Crippen molar-refractivity contribution in [3.8, 4) is 29.4 Å². The summed E-state index contributed by atoms with van der Waals surface area (Å²) in [6.45, 7) is 3.02. The first-order chi connectivity index (χ1) is 34.2. The zero-order valence-corrected chi connectivity index (χ0v) is 40.6. The number of benzene rings is 2. The van der Waals surface area contributed by atoms with Gasteiger partial charge in [0.2, 0.25) is 0 Å². The summed E-state index contributed by atoms with van der Waals surface area (Å²) in [5.41, 5.74) is 11.2. The Balaban J connectivity index is 1.04. The van der Waals surface area contributed by atoms with Gasteiger partial charge in [0.25, 0.3) is 0 Å². The predicted octanol–water partition coefficient (Wildman–Crippen LogP) is 11.7. The van der Waals surface area contributed by atoms with Crippen molar-refractivity contribution in [2.24, 2.45) is 0 Å². The Morgan fingerprint density at radius 3 is 1.38 bits per heavy atom. The number of unbranched alkanes of at least 4 members (excludes halogenated alkanes) is 13. The van der Waals surface area contributed by atoms with Gasteiger partial charge in [-0.3, -0.25) is 0 Å². The molecule has 0 saturated heterocycles. The van der Waals surface area contributed by atoms with E-state index in [9.17, 15) is 0 Å². The molecule has 0 radical (unpaired) electrons. The summed E-state index contributed by atoms with van der Waals surface area (Å²) in [6.07, 6.45) is 22.4. The number of hydrogen-bond donors (Lipinski definition) is 3. The smallest absolute Gasteiger partial charge is 0.119 e. The highest BCUT2D eigenvalue weighted by Gasteiger charge is 2.17. The Labute approximate surface area is 411 Å². The standard InChI is InChI=1S/C62H61N5OS/c1-2-3-4-5-6-7-8-9-10-11-12-13-14-22-45-68-50-31-27-47(28-32-50)62-58-40-38-56(67-58)52(34-30-49-26-19-21-44-64-49)54-36-35-53(65-54)51(33-29-48-25-18-20-43-63-48)55-37-39-57(66-55)61(46-23-16-15-17-24-46)59-41-42-60(62)69-59/h15-21,23-28,31-32,35-44,65-67H,2-14,22,45H2,1H3. The first kappa shape index (κ1) is 46.8. The molecule has 3 N–H and O–H groups in total. The highest BCUT2D eigenvalue weighted by atomic mass is 32.1. The van der Waals surface area contributed by atoms with Gasteiger partial charge in [0.1, 0.15) is 17.1 Å². The van der Waals surface area contributed by atoms with Crippen LogP contribution in [0.4, 0.5) is 0 Å². The van der Waals surface area contributed by atoms with Gasteiger partial charge in [-0.05, 0) is 114 Å². The third-order valence-corrected chi connectivity index (χ3v) is 13.8. The van der Waals surface area contributed by atoms with E-state index in [0.717, 1.165) is 94.7 Å². The number of aromatic amines is 3. The molecule has 0 saturated carbocycles. The van der Waals surface area contributed by atoms with E-state index in [1.54, 1.807) is 23.7 Å². The summed E-state index contributed by atoms with van der Waals surface area (Å²) < 4.78 is 8.61. The molecule has 6 aromatic heterocycles. The van der Waals surface area contributed by atoms with Crippen molar-refractivity contribution >= 4 is 33.6 Å². The molecular weight excluding hydrogens is 863 g/mol. The van der Waals surface area contributed by atoms with Crippen molar-refractivity contribution in [2.75, 3.05) is 6.61 Å². The average molecular weight is 924 g/mol. The molecule has 2 aromatic carbocycles. The number of ether oxygens (including phenoxy) is 1. The van der Waals surface area contributed by atoms with E-state index in [1.807, 2.05) is 36.4 Å². The van der Waals surface area contributed by atoms with E-state index in [0.29, 0.717) is 11.4 Å². The fourth-order valence-electron chi connectivity index (χ4n) is 9.02. The monoisotopic (exact) mass is 923 g/mol. The van der Waals surface area contributed by atoms with Crippen molar-refractivity contribution < 1.29 is 4.74 Å². The van der Waals surface area contributed by atoms with Crippen LogP contribution in [0.25, 0.3) is 22.3 Å². The average Bonchev–Trinajstić information content (AvgIpc) is 4.25.